The van der Waals surface area contributed by atoms with Gasteiger partial charge in [-0.3, -0.25) is 0 Å². The molecule has 4 aromatic heterocycles. The van der Waals surface area contributed by atoms with Crippen LogP contribution in [0.3, 0.4) is 0 Å². The van der Waals surface area contributed by atoms with Crippen molar-refractivity contribution in [1.82, 2.24) is 38.2 Å². The van der Waals surface area contributed by atoms with Crippen LogP contribution in [0.1, 0.15) is 55.6 Å². The molecule has 14 heteroatoms. The minimum atomic E-state index is 0. The number of aryl methyl sites for hydroxylation is 4. The maximum absolute atomic E-state index is 4.13. The van der Waals surface area contributed by atoms with Gasteiger partial charge in [-0.2, -0.15) is 0 Å². The molecule has 2 aromatic carbocycles. The van der Waals surface area contributed by atoms with Crippen molar-refractivity contribution in [2.75, 3.05) is 0 Å². The van der Waals surface area contributed by atoms with Crippen LogP contribution in [0.25, 0.3) is 0 Å². The predicted molar refractivity (Wildman–Crippen MR) is 167 cm³/mol. The van der Waals surface area contributed by atoms with E-state index in [9.17, 15) is 0 Å². The molecule has 0 amide bonds. The molecule has 2 radical (unpaired) electrons. The fourth-order valence-corrected chi connectivity index (χ4v) is 5.77. The minimum Gasteiger partial charge on any atom is -1.00 e. The van der Waals surface area contributed by atoms with E-state index >= 15 is 0 Å². The molecule has 0 aliphatic carbocycles. The average molecular weight is 830 g/mol. The van der Waals surface area contributed by atoms with Gasteiger partial charge in [0.15, 0.2) is 0 Å². The molecule has 8 nitrogen and oxygen atoms in total. The van der Waals surface area contributed by atoms with E-state index in [1.807, 2.05) is 74.9 Å². The Labute approximate surface area is 330 Å². The second-order valence-electron chi connectivity index (χ2n) is 11.1. The zero-order valence-corrected chi connectivity index (χ0v) is 32.5. The maximum atomic E-state index is 4.13. The molecule has 0 saturated carbocycles. The molecule has 0 N–H and O–H groups in total. The van der Waals surface area contributed by atoms with Gasteiger partial charge in [0.05, 0.1) is 25.3 Å². The van der Waals surface area contributed by atoms with Gasteiger partial charge < -0.3 is 67.9 Å². The minimum absolute atomic E-state index is 0. The Morgan fingerprint density at radius 3 is 0.771 bits per heavy atom. The van der Waals surface area contributed by atoms with Crippen molar-refractivity contribution < 1.29 is 83.8 Å². The molecule has 0 fully saturated rings. The summed E-state index contributed by atoms with van der Waals surface area (Å²) in [6, 6.07) is 4.57. The van der Waals surface area contributed by atoms with Crippen LogP contribution in [0.15, 0.2) is 87.0 Å². The SMILES string of the molecule is Cc1cc(C)c(Cn2ccnc2)c(C)c1Cn1ccnc1.Cc1cc(C)c(Cn2ccnc2)c(C)c1Cn1ccnc1.[Cl-].[Cl-].[Cl-].[Cl-].[Cu+2].[Cu+2]. The number of hydrogen-bond donors (Lipinski definition) is 0. The zero-order valence-electron chi connectivity index (χ0n) is 27.6. The van der Waals surface area contributed by atoms with Gasteiger partial charge in [0, 0.05) is 75.8 Å². The van der Waals surface area contributed by atoms with E-state index in [-0.39, 0.29) is 83.8 Å². The second-order valence-corrected chi connectivity index (χ2v) is 11.1. The Kier molecular flexibility index (Phi) is 22.1. The van der Waals surface area contributed by atoms with E-state index in [1.165, 1.54) is 55.6 Å². The van der Waals surface area contributed by atoms with Crippen LogP contribution in [0.2, 0.25) is 0 Å². The molecule has 6 aromatic rings. The Balaban J connectivity index is 0. The van der Waals surface area contributed by atoms with E-state index in [2.05, 4.69) is 91.9 Å². The van der Waals surface area contributed by atoms with Gasteiger partial charge >= 0.3 is 34.1 Å². The van der Waals surface area contributed by atoms with Crippen LogP contribution >= 0.6 is 0 Å². The largest absolute Gasteiger partial charge is 2.00 e. The van der Waals surface area contributed by atoms with Crippen LogP contribution in [-0.2, 0) is 60.3 Å². The molecular formula is C34H40Cl4Cu2N8. The van der Waals surface area contributed by atoms with E-state index in [0.29, 0.717) is 0 Å². The van der Waals surface area contributed by atoms with Crippen LogP contribution in [0, 0.1) is 41.5 Å². The van der Waals surface area contributed by atoms with Crippen molar-refractivity contribution in [3.8, 4) is 0 Å². The van der Waals surface area contributed by atoms with E-state index in [4.69, 9.17) is 0 Å². The fourth-order valence-electron chi connectivity index (χ4n) is 5.77. The molecule has 48 heavy (non-hydrogen) atoms. The summed E-state index contributed by atoms with van der Waals surface area (Å²) in [4.78, 5) is 16.5. The monoisotopic (exact) mass is 826 g/mol. The van der Waals surface area contributed by atoms with Crippen molar-refractivity contribution in [3.05, 3.63) is 143 Å². The third-order valence-corrected chi connectivity index (χ3v) is 8.18. The number of hydrogen-bond acceptors (Lipinski definition) is 4. The van der Waals surface area contributed by atoms with Crippen LogP contribution < -0.4 is 49.6 Å². The smallest absolute Gasteiger partial charge is 1.00 e. The van der Waals surface area contributed by atoms with Gasteiger partial charge in [-0.1, -0.05) is 12.1 Å². The van der Waals surface area contributed by atoms with Gasteiger partial charge in [0.2, 0.25) is 0 Å². The number of halogens is 4. The molecule has 0 atom stereocenters. The summed E-state index contributed by atoms with van der Waals surface area (Å²) in [6.07, 6.45) is 22.8. The summed E-state index contributed by atoms with van der Waals surface area (Å²) in [5.74, 6) is 0. The molecule has 0 spiro atoms. The second kappa shape index (κ2) is 22.2. The van der Waals surface area contributed by atoms with Gasteiger partial charge in [0.25, 0.3) is 0 Å². The van der Waals surface area contributed by atoms with Crippen molar-refractivity contribution in [1.29, 1.82) is 0 Å². The van der Waals surface area contributed by atoms with E-state index in [1.54, 1.807) is 0 Å². The number of rotatable bonds is 8. The fraction of sp³-hybridized carbons (Fsp3) is 0.294. The van der Waals surface area contributed by atoms with Gasteiger partial charge in [-0.05, 0) is 97.2 Å². The topological polar surface area (TPSA) is 71.3 Å². The summed E-state index contributed by atoms with van der Waals surface area (Å²) in [7, 11) is 0. The maximum Gasteiger partial charge on any atom is 2.00 e. The van der Waals surface area contributed by atoms with Crippen molar-refractivity contribution >= 4 is 0 Å². The van der Waals surface area contributed by atoms with Crippen molar-refractivity contribution in [2.24, 2.45) is 0 Å². The molecule has 6 rings (SSSR count). The Hall–Kier alpha value is -2.52. The summed E-state index contributed by atoms with van der Waals surface area (Å²) < 4.78 is 8.47. The molecule has 0 aliphatic heterocycles. The molecule has 0 bridgehead atoms. The zero-order chi connectivity index (χ0) is 29.6. The van der Waals surface area contributed by atoms with Crippen molar-refractivity contribution in [3.63, 3.8) is 0 Å². The third-order valence-electron chi connectivity index (χ3n) is 8.18. The van der Waals surface area contributed by atoms with Gasteiger partial charge in [-0.25, -0.2) is 19.9 Å². The first-order valence-corrected chi connectivity index (χ1v) is 14.3. The standard InChI is InChI=1S/2C17H20N4.4ClH.2Cu/c2*1-13-8-14(2)17(10-21-7-5-19-12-21)15(3)16(13)9-20-6-4-18-11-20;;;;;;/h2*4-8,11-12H,9-10H2,1-3H3;4*1H;;/q;;;;;;2*+2/p-4. The Morgan fingerprint density at radius 1 is 0.396 bits per heavy atom. The van der Waals surface area contributed by atoms with Crippen LogP contribution in [0.4, 0.5) is 0 Å². The Morgan fingerprint density at radius 2 is 0.604 bits per heavy atom. The van der Waals surface area contributed by atoms with Gasteiger partial charge in [0.1, 0.15) is 0 Å². The predicted octanol–water partition coefficient (Wildman–Crippen LogP) is -5.79. The molecule has 0 saturated heterocycles. The number of imidazole rings is 4. The molecule has 4 heterocycles. The number of nitrogens with zero attached hydrogens (tertiary/aromatic N) is 8. The van der Waals surface area contributed by atoms with Gasteiger partial charge in [-0.15, -0.1) is 0 Å². The van der Waals surface area contributed by atoms with Crippen molar-refractivity contribution in [2.45, 2.75) is 67.7 Å². The first kappa shape index (κ1) is 47.6. The van der Waals surface area contributed by atoms with Crippen LogP contribution in [0.5, 0.6) is 0 Å². The Bertz CT molecular complexity index is 1490. The average Bonchev–Trinajstić information content (AvgIpc) is 3.79. The summed E-state index contributed by atoms with van der Waals surface area (Å²) in [6.45, 7) is 16.7. The molecule has 0 aliphatic rings. The summed E-state index contributed by atoms with van der Waals surface area (Å²) >= 11 is 0. The summed E-state index contributed by atoms with van der Waals surface area (Å²) in [5, 5.41) is 0. The number of benzene rings is 2. The van der Waals surface area contributed by atoms with Crippen LogP contribution in [-0.4, -0.2) is 38.2 Å². The normalized spacial score (nSPS) is 9.62. The first-order valence-electron chi connectivity index (χ1n) is 14.3. The van der Waals surface area contributed by atoms with E-state index < -0.39 is 0 Å². The first-order chi connectivity index (χ1) is 20.3. The summed E-state index contributed by atoms with van der Waals surface area (Å²) in [5.41, 5.74) is 13.6. The molecule has 266 valence electrons. The number of aromatic nitrogens is 8. The molecular weight excluding hydrogens is 789 g/mol. The van der Waals surface area contributed by atoms with E-state index in [0.717, 1.165) is 26.2 Å². The quantitative estimate of drug-likeness (QED) is 0.144. The molecule has 0 unspecified atom stereocenters. The third kappa shape index (κ3) is 11.8.